The molecule has 3 N–H and O–H groups in total. The van der Waals surface area contributed by atoms with E-state index in [0.29, 0.717) is 0 Å². The zero-order valence-electron chi connectivity index (χ0n) is 9.11. The lowest BCUT2D eigenvalue weighted by atomic mass is 10.2. The quantitative estimate of drug-likeness (QED) is 0.853. The minimum atomic E-state index is -1.00. The number of nitrogens with one attached hydrogen (secondary N) is 1. The maximum Gasteiger partial charge on any atom is 0.182 e. The van der Waals surface area contributed by atoms with Crippen LogP contribution in [0.4, 0.5) is 26.0 Å². The van der Waals surface area contributed by atoms with Crippen LogP contribution in [0, 0.1) is 23.0 Å². The SMILES string of the molecule is N#Cc1nc(Nc2cccc(F)c2F)ccc1N. The molecule has 0 saturated heterocycles. The Balaban J connectivity index is 2.35. The van der Waals surface area contributed by atoms with E-state index >= 15 is 0 Å². The van der Waals surface area contributed by atoms with E-state index in [1.807, 2.05) is 0 Å². The third-order valence-electron chi connectivity index (χ3n) is 2.25. The molecule has 2 rings (SSSR count). The molecule has 0 aliphatic heterocycles. The maximum atomic E-state index is 13.4. The fourth-order valence-electron chi connectivity index (χ4n) is 1.37. The molecule has 2 aromatic rings. The van der Waals surface area contributed by atoms with E-state index in [4.69, 9.17) is 11.0 Å². The molecule has 0 aliphatic carbocycles. The number of anilines is 3. The van der Waals surface area contributed by atoms with Crippen LogP contribution < -0.4 is 11.1 Å². The summed E-state index contributed by atoms with van der Waals surface area (Å²) in [4.78, 5) is 3.87. The van der Waals surface area contributed by atoms with Gasteiger partial charge in [0.05, 0.1) is 11.4 Å². The largest absolute Gasteiger partial charge is 0.396 e. The Hall–Kier alpha value is -2.68. The van der Waals surface area contributed by atoms with Crippen LogP contribution in [0.25, 0.3) is 0 Å². The summed E-state index contributed by atoms with van der Waals surface area (Å²) in [6, 6.07) is 8.48. The van der Waals surface area contributed by atoms with Gasteiger partial charge >= 0.3 is 0 Å². The van der Waals surface area contributed by atoms with E-state index in [1.54, 1.807) is 6.07 Å². The van der Waals surface area contributed by atoms with Crippen molar-refractivity contribution in [2.45, 2.75) is 0 Å². The average Bonchev–Trinajstić information content (AvgIpc) is 2.37. The number of pyridine rings is 1. The summed E-state index contributed by atoms with van der Waals surface area (Å²) >= 11 is 0. The van der Waals surface area contributed by atoms with Gasteiger partial charge in [-0.05, 0) is 24.3 Å². The fourth-order valence-corrected chi connectivity index (χ4v) is 1.37. The summed E-state index contributed by atoms with van der Waals surface area (Å²) in [6.45, 7) is 0. The summed E-state index contributed by atoms with van der Waals surface area (Å²) in [7, 11) is 0. The van der Waals surface area contributed by atoms with Crippen molar-refractivity contribution >= 4 is 17.2 Å². The second-order valence-electron chi connectivity index (χ2n) is 3.47. The molecule has 1 heterocycles. The normalized spacial score (nSPS) is 9.83. The summed E-state index contributed by atoms with van der Waals surface area (Å²) in [5, 5.41) is 11.3. The molecule has 1 aromatic heterocycles. The zero-order chi connectivity index (χ0) is 13.1. The number of halogens is 2. The number of nitriles is 1. The van der Waals surface area contributed by atoms with E-state index in [9.17, 15) is 8.78 Å². The lowest BCUT2D eigenvalue weighted by molar-refractivity contribution is 0.511. The van der Waals surface area contributed by atoms with Crippen molar-refractivity contribution in [2.75, 3.05) is 11.1 Å². The number of nitrogen functional groups attached to an aromatic ring is 1. The van der Waals surface area contributed by atoms with Crippen LogP contribution in [-0.4, -0.2) is 4.98 Å². The standard InChI is InChI=1S/C12H8F2N4/c13-7-2-1-3-9(12(7)14)17-11-5-4-8(16)10(6-15)18-11/h1-5H,16H2,(H,17,18). The smallest absolute Gasteiger partial charge is 0.182 e. The maximum absolute atomic E-state index is 13.4. The van der Waals surface area contributed by atoms with Crippen LogP contribution in [-0.2, 0) is 0 Å². The Labute approximate surface area is 102 Å². The Morgan fingerprint density at radius 1 is 1.22 bits per heavy atom. The molecular formula is C12H8F2N4. The minimum Gasteiger partial charge on any atom is -0.396 e. The molecule has 0 spiro atoms. The van der Waals surface area contributed by atoms with Gasteiger partial charge in [-0.2, -0.15) is 5.26 Å². The lowest BCUT2D eigenvalue weighted by Gasteiger charge is -2.07. The molecule has 90 valence electrons. The van der Waals surface area contributed by atoms with Gasteiger partial charge in [-0.3, -0.25) is 0 Å². The van der Waals surface area contributed by atoms with Crippen molar-refractivity contribution < 1.29 is 8.78 Å². The molecule has 0 fully saturated rings. The van der Waals surface area contributed by atoms with E-state index < -0.39 is 11.6 Å². The highest BCUT2D eigenvalue weighted by Gasteiger charge is 2.09. The minimum absolute atomic E-state index is 0.0248. The lowest BCUT2D eigenvalue weighted by Crippen LogP contribution is -2.01. The van der Waals surface area contributed by atoms with E-state index in [0.717, 1.165) is 6.07 Å². The first-order valence-electron chi connectivity index (χ1n) is 4.99. The van der Waals surface area contributed by atoms with Crippen molar-refractivity contribution in [3.8, 4) is 6.07 Å². The number of nitrogens with two attached hydrogens (primary N) is 1. The van der Waals surface area contributed by atoms with Gasteiger partial charge in [-0.15, -0.1) is 0 Å². The molecule has 1 aromatic carbocycles. The molecule has 0 radical (unpaired) electrons. The van der Waals surface area contributed by atoms with E-state index in [1.165, 1.54) is 24.3 Å². The Bertz CT molecular complexity index is 634. The first kappa shape index (κ1) is 11.8. The van der Waals surface area contributed by atoms with Crippen molar-refractivity contribution in [3.05, 3.63) is 47.7 Å². The first-order valence-corrected chi connectivity index (χ1v) is 4.99. The second-order valence-corrected chi connectivity index (χ2v) is 3.47. The summed E-state index contributed by atoms with van der Waals surface area (Å²) in [5.41, 5.74) is 5.69. The first-order chi connectivity index (χ1) is 8.61. The highest BCUT2D eigenvalue weighted by molar-refractivity contribution is 5.61. The molecule has 0 amide bonds. The van der Waals surface area contributed by atoms with Crippen LogP contribution in [0.1, 0.15) is 5.69 Å². The van der Waals surface area contributed by atoms with Gasteiger partial charge in [0.25, 0.3) is 0 Å². The second kappa shape index (κ2) is 4.67. The number of rotatable bonds is 2. The topological polar surface area (TPSA) is 74.7 Å². The zero-order valence-corrected chi connectivity index (χ0v) is 9.11. The molecule has 0 atom stereocenters. The van der Waals surface area contributed by atoms with Crippen molar-refractivity contribution in [1.82, 2.24) is 4.98 Å². The summed E-state index contributed by atoms with van der Waals surface area (Å²) < 4.78 is 26.4. The van der Waals surface area contributed by atoms with Crippen LogP contribution in [0.5, 0.6) is 0 Å². The van der Waals surface area contributed by atoms with E-state index in [-0.39, 0.29) is 22.9 Å². The van der Waals surface area contributed by atoms with Gasteiger partial charge < -0.3 is 11.1 Å². The summed E-state index contributed by atoms with van der Waals surface area (Å²) in [6.07, 6.45) is 0. The predicted molar refractivity (Wildman–Crippen MR) is 63.0 cm³/mol. The molecule has 0 unspecified atom stereocenters. The Morgan fingerprint density at radius 2 is 2.00 bits per heavy atom. The number of nitrogens with zero attached hydrogens (tertiary/aromatic N) is 2. The van der Waals surface area contributed by atoms with Crippen molar-refractivity contribution in [1.29, 1.82) is 5.26 Å². The van der Waals surface area contributed by atoms with E-state index in [2.05, 4.69) is 10.3 Å². The molecule has 4 nitrogen and oxygen atoms in total. The Kier molecular flexibility index (Phi) is 3.06. The van der Waals surface area contributed by atoms with Gasteiger partial charge in [0.15, 0.2) is 17.3 Å². The number of aromatic nitrogens is 1. The molecule has 18 heavy (non-hydrogen) atoms. The van der Waals surface area contributed by atoms with Crippen LogP contribution in [0.2, 0.25) is 0 Å². The average molecular weight is 246 g/mol. The van der Waals surface area contributed by atoms with Crippen molar-refractivity contribution in [3.63, 3.8) is 0 Å². The van der Waals surface area contributed by atoms with Gasteiger partial charge in [0.1, 0.15) is 11.9 Å². The highest BCUT2D eigenvalue weighted by atomic mass is 19.2. The Morgan fingerprint density at radius 3 is 2.72 bits per heavy atom. The van der Waals surface area contributed by atoms with Gasteiger partial charge in [-0.1, -0.05) is 6.07 Å². The third-order valence-corrected chi connectivity index (χ3v) is 2.25. The number of hydrogen-bond donors (Lipinski definition) is 2. The molecular weight excluding hydrogens is 238 g/mol. The third kappa shape index (κ3) is 2.20. The predicted octanol–water partition coefficient (Wildman–Crippen LogP) is 2.56. The summed E-state index contributed by atoms with van der Waals surface area (Å²) in [5.74, 6) is -1.75. The van der Waals surface area contributed by atoms with Gasteiger partial charge in [0, 0.05) is 0 Å². The highest BCUT2D eigenvalue weighted by Crippen LogP contribution is 2.21. The molecule has 0 aliphatic rings. The van der Waals surface area contributed by atoms with Gasteiger partial charge in [0.2, 0.25) is 0 Å². The fraction of sp³-hybridized carbons (Fsp3) is 0. The molecule has 0 bridgehead atoms. The molecule has 6 heteroatoms. The monoisotopic (exact) mass is 246 g/mol. The van der Waals surface area contributed by atoms with Crippen LogP contribution >= 0.6 is 0 Å². The molecule has 0 saturated carbocycles. The van der Waals surface area contributed by atoms with Crippen LogP contribution in [0.3, 0.4) is 0 Å². The number of benzene rings is 1. The van der Waals surface area contributed by atoms with Gasteiger partial charge in [-0.25, -0.2) is 13.8 Å². The number of hydrogen-bond acceptors (Lipinski definition) is 4. The van der Waals surface area contributed by atoms with Crippen molar-refractivity contribution in [2.24, 2.45) is 0 Å². The van der Waals surface area contributed by atoms with Crippen LogP contribution in [0.15, 0.2) is 30.3 Å².